The van der Waals surface area contributed by atoms with Gasteiger partial charge in [-0.1, -0.05) is 62.7 Å². The maximum Gasteiger partial charge on any atom is 0.338 e. The number of nitrogens with zero attached hydrogens (tertiary/aromatic N) is 1. The van der Waals surface area contributed by atoms with Crippen molar-refractivity contribution in [2.75, 3.05) is 18.1 Å². The van der Waals surface area contributed by atoms with Crippen molar-refractivity contribution in [3.8, 4) is 5.75 Å². The van der Waals surface area contributed by atoms with Gasteiger partial charge in [-0.25, -0.2) is 4.79 Å². The molecule has 3 aromatic carbocycles. The molecule has 0 spiro atoms. The minimum atomic E-state index is -0.871. The Morgan fingerprint density at radius 1 is 0.974 bits per heavy atom. The Hall–Kier alpha value is -4.39. The van der Waals surface area contributed by atoms with E-state index in [0.29, 0.717) is 41.3 Å². The molecule has 1 amide bonds. The Bertz CT molecular complexity index is 1410. The number of ketones is 1. The number of aliphatic hydroxyl groups is 1. The lowest BCUT2D eigenvalue weighted by Gasteiger charge is -2.26. The summed E-state index contributed by atoms with van der Waals surface area (Å²) in [6, 6.07) is 19.8. The normalized spacial score (nSPS) is 16.5. The summed E-state index contributed by atoms with van der Waals surface area (Å²) >= 11 is 0. The number of rotatable bonds is 9. The van der Waals surface area contributed by atoms with E-state index >= 15 is 0 Å². The van der Waals surface area contributed by atoms with Crippen molar-refractivity contribution in [3.63, 3.8) is 0 Å². The largest absolute Gasteiger partial charge is 0.507 e. The molecule has 1 fully saturated rings. The van der Waals surface area contributed by atoms with E-state index in [1.54, 1.807) is 48.5 Å². The van der Waals surface area contributed by atoms with E-state index in [1.165, 1.54) is 4.90 Å². The monoisotopic (exact) mass is 527 g/mol. The third-order valence-corrected chi connectivity index (χ3v) is 6.31. The molecule has 1 N–H and O–H groups in total. The summed E-state index contributed by atoms with van der Waals surface area (Å²) in [7, 11) is 0. The quantitative estimate of drug-likeness (QED) is 0.154. The van der Waals surface area contributed by atoms with E-state index in [9.17, 15) is 19.5 Å². The van der Waals surface area contributed by atoms with Crippen molar-refractivity contribution in [1.29, 1.82) is 0 Å². The molecule has 0 aromatic heterocycles. The first-order valence-electron chi connectivity index (χ1n) is 13.1. The molecule has 0 saturated carbocycles. The van der Waals surface area contributed by atoms with Crippen molar-refractivity contribution in [2.24, 2.45) is 5.92 Å². The van der Waals surface area contributed by atoms with Crippen LogP contribution in [0.3, 0.4) is 0 Å². The lowest BCUT2D eigenvalue weighted by molar-refractivity contribution is -0.132. The average molecular weight is 528 g/mol. The molecule has 0 bridgehead atoms. The van der Waals surface area contributed by atoms with Crippen LogP contribution in [0, 0.1) is 12.8 Å². The molecule has 3 aromatic rings. The van der Waals surface area contributed by atoms with Crippen LogP contribution in [0.2, 0.25) is 0 Å². The predicted octanol–water partition coefficient (Wildman–Crippen LogP) is 6.22. The SMILES string of the molecule is CCCOc1cccc(/C(O)=C2\C(=O)C(=O)N(c3ccc(C(=O)OCC(C)C)cc3)C2c2cccc(C)c2)c1. The zero-order valence-corrected chi connectivity index (χ0v) is 22.6. The summed E-state index contributed by atoms with van der Waals surface area (Å²) in [4.78, 5) is 40.6. The van der Waals surface area contributed by atoms with Crippen LogP contribution in [0.15, 0.2) is 78.4 Å². The smallest absolute Gasteiger partial charge is 0.338 e. The van der Waals surface area contributed by atoms with Crippen LogP contribution in [-0.4, -0.2) is 36.0 Å². The van der Waals surface area contributed by atoms with E-state index in [0.717, 1.165) is 12.0 Å². The van der Waals surface area contributed by atoms with Crippen molar-refractivity contribution in [1.82, 2.24) is 0 Å². The first-order chi connectivity index (χ1) is 18.7. The first-order valence-corrected chi connectivity index (χ1v) is 13.1. The van der Waals surface area contributed by atoms with Gasteiger partial charge in [0.15, 0.2) is 0 Å². The van der Waals surface area contributed by atoms with Crippen molar-refractivity contribution in [2.45, 2.75) is 40.2 Å². The van der Waals surface area contributed by atoms with Crippen molar-refractivity contribution < 1.29 is 29.0 Å². The molecule has 1 aliphatic rings. The third-order valence-electron chi connectivity index (χ3n) is 6.31. The number of ether oxygens (including phenoxy) is 2. The minimum absolute atomic E-state index is 0.0151. The van der Waals surface area contributed by atoms with Crippen LogP contribution in [0.4, 0.5) is 5.69 Å². The number of esters is 1. The summed E-state index contributed by atoms with van der Waals surface area (Å²) < 4.78 is 11.0. The Kier molecular flexibility index (Phi) is 8.49. The first kappa shape index (κ1) is 27.6. The van der Waals surface area contributed by atoms with Gasteiger partial charge in [-0.15, -0.1) is 0 Å². The number of aliphatic hydroxyl groups excluding tert-OH is 1. The van der Waals surface area contributed by atoms with Gasteiger partial charge in [0.2, 0.25) is 0 Å². The number of aryl methyl sites for hydroxylation is 1. The molecule has 4 rings (SSSR count). The molecule has 1 aliphatic heterocycles. The fourth-order valence-electron chi connectivity index (χ4n) is 4.45. The van der Waals surface area contributed by atoms with Gasteiger partial charge in [0.25, 0.3) is 11.7 Å². The molecule has 202 valence electrons. The van der Waals surface area contributed by atoms with Crippen LogP contribution >= 0.6 is 0 Å². The highest BCUT2D eigenvalue weighted by Crippen LogP contribution is 2.42. The highest BCUT2D eigenvalue weighted by Gasteiger charge is 2.47. The number of benzene rings is 3. The number of Topliss-reactive ketones (excluding diaryl/α,β-unsaturated/α-hetero) is 1. The van der Waals surface area contributed by atoms with Crippen molar-refractivity contribution >= 4 is 29.1 Å². The van der Waals surface area contributed by atoms with Crippen molar-refractivity contribution in [3.05, 3.63) is 101 Å². The number of hydrogen-bond donors (Lipinski definition) is 1. The van der Waals surface area contributed by atoms with Gasteiger partial charge in [0.05, 0.1) is 30.4 Å². The highest BCUT2D eigenvalue weighted by atomic mass is 16.5. The molecule has 7 nitrogen and oxygen atoms in total. The molecule has 1 saturated heterocycles. The molecule has 7 heteroatoms. The second kappa shape index (κ2) is 12.0. The van der Waals surface area contributed by atoms with Crippen LogP contribution in [0.25, 0.3) is 5.76 Å². The van der Waals surface area contributed by atoms with Crippen LogP contribution in [0.5, 0.6) is 5.75 Å². The van der Waals surface area contributed by atoms with E-state index < -0.39 is 23.7 Å². The average Bonchev–Trinajstić information content (AvgIpc) is 3.20. The topological polar surface area (TPSA) is 93.1 Å². The summed E-state index contributed by atoms with van der Waals surface area (Å²) in [6.07, 6.45) is 0.822. The third kappa shape index (κ3) is 6.03. The van der Waals surface area contributed by atoms with Gasteiger partial charge in [0, 0.05) is 11.3 Å². The van der Waals surface area contributed by atoms with Crippen LogP contribution in [0.1, 0.15) is 60.3 Å². The number of carbonyl (C=O) groups excluding carboxylic acids is 3. The van der Waals surface area contributed by atoms with Crippen LogP contribution < -0.4 is 9.64 Å². The van der Waals surface area contributed by atoms with Gasteiger partial charge >= 0.3 is 5.97 Å². The Labute approximate surface area is 228 Å². The molecule has 1 heterocycles. The maximum atomic E-state index is 13.4. The second-order valence-corrected chi connectivity index (χ2v) is 10.00. The number of amides is 1. The zero-order valence-electron chi connectivity index (χ0n) is 22.6. The van der Waals surface area contributed by atoms with E-state index in [4.69, 9.17) is 9.47 Å². The Morgan fingerprint density at radius 3 is 2.36 bits per heavy atom. The maximum absolute atomic E-state index is 13.4. The fraction of sp³-hybridized carbons (Fsp3) is 0.281. The van der Waals surface area contributed by atoms with Crippen LogP contribution in [-0.2, 0) is 14.3 Å². The van der Waals surface area contributed by atoms with Gasteiger partial charge in [-0.05, 0) is 61.2 Å². The Morgan fingerprint density at radius 2 is 1.69 bits per heavy atom. The molecule has 0 aliphatic carbocycles. The lowest BCUT2D eigenvalue weighted by atomic mass is 9.94. The minimum Gasteiger partial charge on any atom is -0.507 e. The van der Waals surface area contributed by atoms with E-state index in [1.807, 2.05) is 52.0 Å². The summed E-state index contributed by atoms with van der Waals surface area (Å²) in [5.41, 5.74) is 2.74. The molecule has 39 heavy (non-hydrogen) atoms. The van der Waals surface area contributed by atoms with Gasteiger partial charge in [0.1, 0.15) is 11.5 Å². The van der Waals surface area contributed by atoms with Gasteiger partial charge in [-0.2, -0.15) is 0 Å². The van der Waals surface area contributed by atoms with Gasteiger partial charge < -0.3 is 14.6 Å². The molecule has 1 unspecified atom stereocenters. The fourth-order valence-corrected chi connectivity index (χ4v) is 4.45. The predicted molar refractivity (Wildman–Crippen MR) is 150 cm³/mol. The molecule has 0 radical (unpaired) electrons. The van der Waals surface area contributed by atoms with E-state index in [2.05, 4.69) is 0 Å². The molecular weight excluding hydrogens is 494 g/mol. The highest BCUT2D eigenvalue weighted by molar-refractivity contribution is 6.51. The molecular formula is C32H33NO6. The standard InChI is InChI=1S/C32H33NO6/c1-5-16-38-26-11-7-10-24(18-26)29(34)27-28(23-9-6-8-21(4)17-23)33(31(36)30(27)35)25-14-12-22(13-15-25)32(37)39-19-20(2)3/h6-15,17-18,20,28,34H,5,16,19H2,1-4H3/b29-27+. The number of hydrogen-bond acceptors (Lipinski definition) is 6. The van der Waals surface area contributed by atoms with Gasteiger partial charge in [-0.3, -0.25) is 14.5 Å². The number of carbonyl (C=O) groups is 3. The lowest BCUT2D eigenvalue weighted by Crippen LogP contribution is -2.29. The summed E-state index contributed by atoms with van der Waals surface area (Å²) in [5.74, 6) is -1.54. The number of anilines is 1. The Balaban J connectivity index is 1.78. The van der Waals surface area contributed by atoms with E-state index in [-0.39, 0.29) is 17.3 Å². The molecule has 1 atom stereocenters. The summed E-state index contributed by atoms with van der Waals surface area (Å²) in [6.45, 7) is 8.63. The summed E-state index contributed by atoms with van der Waals surface area (Å²) in [5, 5.41) is 11.4. The second-order valence-electron chi connectivity index (χ2n) is 10.00. The zero-order chi connectivity index (χ0) is 28.1.